The first kappa shape index (κ1) is 31.0. The minimum absolute atomic E-state index is 0.0910. The van der Waals surface area contributed by atoms with Gasteiger partial charge in [0.05, 0.1) is 42.0 Å². The predicted octanol–water partition coefficient (Wildman–Crippen LogP) is 4.41. The van der Waals surface area contributed by atoms with E-state index in [2.05, 4.69) is 25.2 Å². The van der Waals surface area contributed by atoms with Gasteiger partial charge < -0.3 is 24.8 Å². The summed E-state index contributed by atoms with van der Waals surface area (Å²) in [6.07, 6.45) is 1.18. The maximum absolute atomic E-state index is 15.8. The second kappa shape index (κ2) is 12.3. The average Bonchev–Trinajstić information content (AvgIpc) is 3.00. The van der Waals surface area contributed by atoms with Gasteiger partial charge in [0, 0.05) is 56.1 Å². The summed E-state index contributed by atoms with van der Waals surface area (Å²) >= 11 is 0. The van der Waals surface area contributed by atoms with Gasteiger partial charge in [0.2, 0.25) is 11.5 Å². The quantitative estimate of drug-likeness (QED) is 0.393. The number of H-pyrrole nitrogens is 1. The van der Waals surface area contributed by atoms with Crippen molar-refractivity contribution in [1.29, 1.82) is 0 Å². The zero-order valence-electron chi connectivity index (χ0n) is 24.7. The highest BCUT2D eigenvalue weighted by Gasteiger charge is 2.36. The van der Waals surface area contributed by atoms with E-state index < -0.39 is 34.6 Å². The van der Waals surface area contributed by atoms with E-state index >= 15 is 4.39 Å². The van der Waals surface area contributed by atoms with Crippen LogP contribution >= 0.6 is 0 Å². The predicted molar refractivity (Wildman–Crippen MR) is 159 cm³/mol. The second-order valence-corrected chi connectivity index (χ2v) is 11.0. The van der Waals surface area contributed by atoms with Crippen molar-refractivity contribution < 1.29 is 27.1 Å². The van der Waals surface area contributed by atoms with Crippen LogP contribution in [0.15, 0.2) is 47.7 Å². The third-order valence-electron chi connectivity index (χ3n) is 8.20. The Morgan fingerprint density at radius 3 is 2.36 bits per heavy atom. The SMILES string of the molecule is COc1cnc(N2CC=C(c3cc(NC(=O)c4c[nH]c(=O)cc4C(F)(F)F)c(N4CC(C)N(C)C(C)C4)cc3F)CC2)nc1. The van der Waals surface area contributed by atoms with E-state index in [0.29, 0.717) is 61.6 Å². The largest absolute Gasteiger partial charge is 0.494 e. The first-order chi connectivity index (χ1) is 20.8. The number of benzene rings is 1. The number of halogens is 4. The molecule has 14 heteroatoms. The lowest BCUT2D eigenvalue weighted by Gasteiger charge is -2.44. The number of carbonyl (C=O) groups excluding carboxylic acids is 1. The van der Waals surface area contributed by atoms with E-state index in [0.717, 1.165) is 6.20 Å². The number of piperazine rings is 1. The van der Waals surface area contributed by atoms with E-state index in [9.17, 15) is 22.8 Å². The molecule has 2 N–H and O–H groups in total. The number of anilines is 3. The summed E-state index contributed by atoms with van der Waals surface area (Å²) < 4.78 is 62.2. The lowest BCUT2D eigenvalue weighted by Crippen LogP contribution is -2.55. The molecule has 0 aliphatic carbocycles. The molecule has 1 saturated heterocycles. The van der Waals surface area contributed by atoms with Gasteiger partial charge >= 0.3 is 6.18 Å². The first-order valence-corrected chi connectivity index (χ1v) is 14.1. The molecule has 4 heterocycles. The van der Waals surface area contributed by atoms with Crippen molar-refractivity contribution in [2.24, 2.45) is 0 Å². The van der Waals surface area contributed by atoms with Crippen LogP contribution in [0.1, 0.15) is 41.8 Å². The van der Waals surface area contributed by atoms with Gasteiger partial charge in [0.15, 0.2) is 5.75 Å². The summed E-state index contributed by atoms with van der Waals surface area (Å²) in [6.45, 7) is 5.94. The van der Waals surface area contributed by atoms with Crippen molar-refractivity contribution in [3.63, 3.8) is 0 Å². The smallest absolute Gasteiger partial charge is 0.417 e. The third kappa shape index (κ3) is 6.39. The summed E-state index contributed by atoms with van der Waals surface area (Å²) in [5.41, 5.74) is -1.68. The molecular weight excluding hydrogens is 582 g/mol. The van der Waals surface area contributed by atoms with Crippen molar-refractivity contribution in [1.82, 2.24) is 19.9 Å². The van der Waals surface area contributed by atoms with E-state index in [-0.39, 0.29) is 23.3 Å². The van der Waals surface area contributed by atoms with Crippen molar-refractivity contribution >= 4 is 28.8 Å². The van der Waals surface area contributed by atoms with Crippen LogP contribution in [0.25, 0.3) is 5.57 Å². The molecule has 2 aliphatic rings. The minimum Gasteiger partial charge on any atom is -0.494 e. The zero-order valence-corrected chi connectivity index (χ0v) is 24.7. The number of nitrogens with one attached hydrogen (secondary N) is 2. The Balaban J connectivity index is 1.51. The number of methoxy groups -OCH3 is 1. The maximum atomic E-state index is 15.8. The summed E-state index contributed by atoms with van der Waals surface area (Å²) in [6, 6.07) is 3.33. The molecule has 1 fully saturated rings. The Kier molecular flexibility index (Phi) is 8.64. The number of aromatic amines is 1. The average molecular weight is 616 g/mol. The third-order valence-corrected chi connectivity index (χ3v) is 8.20. The molecule has 1 amide bonds. The Hall–Kier alpha value is -4.46. The lowest BCUT2D eigenvalue weighted by molar-refractivity contribution is -0.138. The van der Waals surface area contributed by atoms with Crippen LogP contribution < -0.4 is 25.4 Å². The molecule has 10 nitrogen and oxygen atoms in total. The molecule has 0 bridgehead atoms. The van der Waals surface area contributed by atoms with Crippen LogP contribution in [0.5, 0.6) is 5.75 Å². The lowest BCUT2D eigenvalue weighted by atomic mass is 9.97. The highest BCUT2D eigenvalue weighted by Crippen LogP contribution is 2.37. The van der Waals surface area contributed by atoms with Gasteiger partial charge in [-0.3, -0.25) is 14.5 Å². The number of likely N-dealkylation sites (N-methyl/N-ethyl adjacent to an activating group) is 1. The normalized spacial score (nSPS) is 19.5. The van der Waals surface area contributed by atoms with Crippen LogP contribution in [0, 0.1) is 5.82 Å². The van der Waals surface area contributed by atoms with Gasteiger partial charge in [-0.05, 0) is 45.0 Å². The van der Waals surface area contributed by atoms with Crippen LogP contribution in [0.3, 0.4) is 0 Å². The molecule has 2 aliphatic heterocycles. The van der Waals surface area contributed by atoms with Gasteiger partial charge in [-0.2, -0.15) is 13.2 Å². The first-order valence-electron chi connectivity index (χ1n) is 14.1. The fourth-order valence-electron chi connectivity index (χ4n) is 5.53. The fraction of sp³-hybridized carbons (Fsp3) is 0.400. The topological polar surface area (TPSA) is 107 Å². The van der Waals surface area contributed by atoms with Crippen LogP contribution in [0.4, 0.5) is 34.9 Å². The van der Waals surface area contributed by atoms with Crippen LogP contribution in [-0.2, 0) is 6.18 Å². The molecule has 5 rings (SSSR count). The van der Waals surface area contributed by atoms with E-state index in [4.69, 9.17) is 4.74 Å². The molecule has 2 atom stereocenters. The van der Waals surface area contributed by atoms with Crippen molar-refractivity contribution in [2.45, 2.75) is 38.5 Å². The molecule has 0 saturated carbocycles. The van der Waals surface area contributed by atoms with E-state index in [1.54, 1.807) is 12.4 Å². The molecular formula is C30H33F4N7O3. The van der Waals surface area contributed by atoms with Gasteiger partial charge in [-0.1, -0.05) is 6.08 Å². The molecule has 2 aromatic heterocycles. The van der Waals surface area contributed by atoms with Gasteiger partial charge in [0.25, 0.3) is 5.91 Å². The highest BCUT2D eigenvalue weighted by atomic mass is 19.4. The van der Waals surface area contributed by atoms with E-state index in [1.165, 1.54) is 19.2 Å². The Bertz CT molecular complexity index is 1610. The fourth-order valence-corrected chi connectivity index (χ4v) is 5.53. The number of ether oxygens (including phenoxy) is 1. The number of aromatic nitrogens is 3. The van der Waals surface area contributed by atoms with Crippen LogP contribution in [-0.4, -0.2) is 78.2 Å². The highest BCUT2D eigenvalue weighted by molar-refractivity contribution is 6.07. The van der Waals surface area contributed by atoms with Gasteiger partial charge in [-0.15, -0.1) is 0 Å². The van der Waals surface area contributed by atoms with Crippen molar-refractivity contribution in [2.75, 3.05) is 55.5 Å². The Morgan fingerprint density at radius 2 is 1.77 bits per heavy atom. The van der Waals surface area contributed by atoms with Crippen LogP contribution in [0.2, 0.25) is 0 Å². The number of carbonyl (C=O) groups is 1. The van der Waals surface area contributed by atoms with Crippen molar-refractivity contribution in [3.05, 3.63) is 75.7 Å². The number of nitrogens with zero attached hydrogens (tertiary/aromatic N) is 5. The Labute approximate surface area is 251 Å². The standard InChI is InChI=1S/C30H33F4N7O3/c1-17-15-41(16-18(2)39(17)3)26-11-24(31)21(19-5-7-40(8-6-19)29-36-12-20(44-4)13-37-29)9-25(26)38-28(43)22-14-35-27(42)10-23(22)30(32,33)34/h5,9-14,17-18H,6-8,15-16H2,1-4H3,(H,35,42)(H,38,43). The zero-order chi connectivity index (χ0) is 31.8. The molecule has 3 aromatic rings. The van der Waals surface area contributed by atoms with Crippen molar-refractivity contribution in [3.8, 4) is 5.75 Å². The summed E-state index contributed by atoms with van der Waals surface area (Å²) in [7, 11) is 3.51. The second-order valence-electron chi connectivity index (χ2n) is 11.0. The van der Waals surface area contributed by atoms with Gasteiger partial charge in [0.1, 0.15) is 5.82 Å². The number of amides is 1. The number of rotatable bonds is 6. The Morgan fingerprint density at radius 1 is 1.09 bits per heavy atom. The molecule has 234 valence electrons. The number of hydrogen-bond donors (Lipinski definition) is 2. The summed E-state index contributed by atoms with van der Waals surface area (Å²) in [5, 5.41) is 2.60. The monoisotopic (exact) mass is 615 g/mol. The molecule has 44 heavy (non-hydrogen) atoms. The number of alkyl halides is 3. The number of pyridine rings is 1. The molecule has 0 spiro atoms. The summed E-state index contributed by atoms with van der Waals surface area (Å²) in [5.74, 6) is -0.586. The minimum atomic E-state index is -4.94. The summed E-state index contributed by atoms with van der Waals surface area (Å²) in [4.78, 5) is 41.8. The van der Waals surface area contributed by atoms with E-state index in [1.807, 2.05) is 36.8 Å². The molecule has 1 aromatic carbocycles. The molecule has 2 unspecified atom stereocenters. The maximum Gasteiger partial charge on any atom is 0.417 e. The number of hydrogen-bond acceptors (Lipinski definition) is 8. The van der Waals surface area contributed by atoms with Gasteiger partial charge in [-0.25, -0.2) is 14.4 Å². The molecule has 0 radical (unpaired) electrons.